The average molecular weight is 455 g/mol. The molecule has 0 unspecified atom stereocenters. The number of methoxy groups -OCH3 is 1. The van der Waals surface area contributed by atoms with Gasteiger partial charge in [-0.3, -0.25) is 19.8 Å². The van der Waals surface area contributed by atoms with Gasteiger partial charge in [0, 0.05) is 0 Å². The molecule has 1 aliphatic rings. The van der Waals surface area contributed by atoms with Crippen LogP contribution in [0.3, 0.4) is 0 Å². The van der Waals surface area contributed by atoms with Gasteiger partial charge in [-0.25, -0.2) is 0 Å². The van der Waals surface area contributed by atoms with Crippen molar-refractivity contribution in [3.05, 3.63) is 58.1 Å². The molecule has 0 bridgehead atoms. The number of ether oxygens (including phenoxy) is 2. The van der Waals surface area contributed by atoms with E-state index in [-0.39, 0.29) is 28.1 Å². The molecule has 3 rings (SSSR count). The van der Waals surface area contributed by atoms with Crippen molar-refractivity contribution in [3.63, 3.8) is 0 Å². The third kappa shape index (κ3) is 4.71. The SMILES string of the molecule is C#CCOc1c(Cl)cc(/C=C2\C(=O)NC(=S)N(c3ccc(CC)cc3)C2=O)cc1OC. The van der Waals surface area contributed by atoms with Crippen molar-refractivity contribution in [3.8, 4) is 23.8 Å². The number of anilines is 1. The fraction of sp³-hybridized carbons (Fsp3) is 0.174. The summed E-state index contributed by atoms with van der Waals surface area (Å²) in [4.78, 5) is 27.0. The number of hydrogen-bond acceptors (Lipinski definition) is 5. The number of carbonyl (C=O) groups excluding carboxylic acids is 2. The van der Waals surface area contributed by atoms with Crippen molar-refractivity contribution in [2.45, 2.75) is 13.3 Å². The highest BCUT2D eigenvalue weighted by atomic mass is 35.5. The van der Waals surface area contributed by atoms with E-state index in [9.17, 15) is 9.59 Å². The molecule has 2 amide bonds. The summed E-state index contributed by atoms with van der Waals surface area (Å²) in [6.07, 6.45) is 7.51. The van der Waals surface area contributed by atoms with Gasteiger partial charge < -0.3 is 9.47 Å². The lowest BCUT2D eigenvalue weighted by Gasteiger charge is -2.29. The molecular formula is C23H19ClN2O4S. The van der Waals surface area contributed by atoms with Crippen LogP contribution in [-0.2, 0) is 16.0 Å². The molecular weight excluding hydrogens is 436 g/mol. The van der Waals surface area contributed by atoms with Gasteiger partial charge in [0.25, 0.3) is 11.8 Å². The molecule has 1 aliphatic heterocycles. The molecule has 0 aliphatic carbocycles. The predicted molar refractivity (Wildman–Crippen MR) is 124 cm³/mol. The van der Waals surface area contributed by atoms with Crippen molar-refractivity contribution in [1.82, 2.24) is 5.32 Å². The van der Waals surface area contributed by atoms with Crippen LogP contribution in [0.4, 0.5) is 5.69 Å². The lowest BCUT2D eigenvalue weighted by Crippen LogP contribution is -2.54. The Bertz CT molecular complexity index is 1120. The fourth-order valence-corrected chi connectivity index (χ4v) is 3.57. The number of thiocarbonyl (C=S) groups is 1. The Labute approximate surface area is 190 Å². The van der Waals surface area contributed by atoms with Crippen LogP contribution in [0.25, 0.3) is 6.08 Å². The van der Waals surface area contributed by atoms with Gasteiger partial charge in [0.15, 0.2) is 16.6 Å². The van der Waals surface area contributed by atoms with Crippen LogP contribution in [0.5, 0.6) is 11.5 Å². The van der Waals surface area contributed by atoms with E-state index in [4.69, 9.17) is 39.7 Å². The van der Waals surface area contributed by atoms with Gasteiger partial charge in [-0.2, -0.15) is 0 Å². The summed E-state index contributed by atoms with van der Waals surface area (Å²) >= 11 is 11.5. The number of terminal acetylenes is 1. The molecule has 158 valence electrons. The Morgan fingerprint density at radius 1 is 1.26 bits per heavy atom. The third-order valence-corrected chi connectivity index (χ3v) is 5.13. The maximum Gasteiger partial charge on any atom is 0.270 e. The Morgan fingerprint density at radius 3 is 2.58 bits per heavy atom. The highest BCUT2D eigenvalue weighted by Gasteiger charge is 2.34. The minimum atomic E-state index is -0.598. The van der Waals surface area contributed by atoms with Crippen molar-refractivity contribution < 1.29 is 19.1 Å². The first kappa shape index (κ1) is 22.3. The van der Waals surface area contributed by atoms with Crippen LogP contribution in [-0.4, -0.2) is 30.6 Å². The molecule has 0 radical (unpaired) electrons. The van der Waals surface area contributed by atoms with Crippen LogP contribution in [0.15, 0.2) is 42.0 Å². The number of carbonyl (C=O) groups is 2. The number of amides is 2. The fourth-order valence-electron chi connectivity index (χ4n) is 3.02. The molecule has 1 N–H and O–H groups in total. The largest absolute Gasteiger partial charge is 0.493 e. The van der Waals surface area contributed by atoms with E-state index < -0.39 is 11.8 Å². The molecule has 1 fully saturated rings. The Kier molecular flexibility index (Phi) is 6.95. The summed E-state index contributed by atoms with van der Waals surface area (Å²) in [7, 11) is 1.45. The quantitative estimate of drug-likeness (QED) is 0.311. The molecule has 2 aromatic rings. The standard InChI is InChI=1S/C23H19ClN2O4S/c1-4-10-30-20-18(24)12-15(13-19(20)29-3)11-17-21(27)25-23(31)26(22(17)28)16-8-6-14(5-2)7-9-16/h1,6-9,11-13H,5,10H2,2-3H3,(H,25,27,31)/b17-11+. The second kappa shape index (κ2) is 9.65. The van der Waals surface area contributed by atoms with Gasteiger partial charge in [0.2, 0.25) is 0 Å². The number of hydrogen-bond donors (Lipinski definition) is 1. The molecule has 0 aromatic heterocycles. The Hall–Kier alpha value is -3.34. The predicted octanol–water partition coefficient (Wildman–Crippen LogP) is 3.75. The summed E-state index contributed by atoms with van der Waals surface area (Å²) in [5.74, 6) is 1.82. The van der Waals surface area contributed by atoms with Gasteiger partial charge >= 0.3 is 0 Å². The van der Waals surface area contributed by atoms with Gasteiger partial charge in [0.05, 0.1) is 17.8 Å². The molecule has 1 heterocycles. The smallest absolute Gasteiger partial charge is 0.270 e. The van der Waals surface area contributed by atoms with Gasteiger partial charge in [-0.15, -0.1) is 6.42 Å². The number of halogens is 1. The zero-order valence-corrected chi connectivity index (χ0v) is 18.5. The highest BCUT2D eigenvalue weighted by molar-refractivity contribution is 7.80. The first-order valence-corrected chi connectivity index (χ1v) is 10.1. The zero-order valence-electron chi connectivity index (χ0n) is 16.9. The number of benzene rings is 2. The van der Waals surface area contributed by atoms with E-state index in [0.29, 0.717) is 17.0 Å². The summed E-state index contributed by atoms with van der Waals surface area (Å²) in [6, 6.07) is 10.5. The average Bonchev–Trinajstić information content (AvgIpc) is 2.76. The number of aryl methyl sites for hydroxylation is 1. The minimum absolute atomic E-state index is 0.0145. The van der Waals surface area contributed by atoms with Crippen LogP contribution in [0, 0.1) is 12.3 Å². The zero-order chi connectivity index (χ0) is 22.5. The highest BCUT2D eigenvalue weighted by Crippen LogP contribution is 2.37. The molecule has 1 saturated heterocycles. The van der Waals surface area contributed by atoms with E-state index in [1.807, 2.05) is 19.1 Å². The Morgan fingerprint density at radius 2 is 1.97 bits per heavy atom. The summed E-state index contributed by atoms with van der Waals surface area (Å²) < 4.78 is 10.7. The number of rotatable bonds is 6. The third-order valence-electron chi connectivity index (χ3n) is 4.57. The topological polar surface area (TPSA) is 67.9 Å². The van der Waals surface area contributed by atoms with E-state index in [2.05, 4.69) is 11.2 Å². The molecule has 0 saturated carbocycles. The van der Waals surface area contributed by atoms with E-state index in [0.717, 1.165) is 12.0 Å². The number of nitrogens with zero attached hydrogens (tertiary/aromatic N) is 1. The maximum atomic E-state index is 13.2. The molecule has 2 aromatic carbocycles. The second-order valence-corrected chi connectivity index (χ2v) is 7.30. The van der Waals surface area contributed by atoms with Crippen LogP contribution in [0.2, 0.25) is 5.02 Å². The van der Waals surface area contributed by atoms with Crippen molar-refractivity contribution in [2.75, 3.05) is 18.6 Å². The normalized spacial score (nSPS) is 15.0. The van der Waals surface area contributed by atoms with E-state index in [1.54, 1.807) is 24.3 Å². The first-order chi connectivity index (χ1) is 14.9. The van der Waals surface area contributed by atoms with Gasteiger partial charge in [-0.05, 0) is 60.1 Å². The molecule has 0 atom stereocenters. The number of nitrogens with one attached hydrogen (secondary N) is 1. The summed E-state index contributed by atoms with van der Waals surface area (Å²) in [5, 5.41) is 2.81. The van der Waals surface area contributed by atoms with E-state index >= 15 is 0 Å². The van der Waals surface area contributed by atoms with Crippen molar-refractivity contribution in [1.29, 1.82) is 0 Å². The molecule has 31 heavy (non-hydrogen) atoms. The molecule has 8 heteroatoms. The van der Waals surface area contributed by atoms with Crippen LogP contribution < -0.4 is 19.7 Å². The first-order valence-electron chi connectivity index (χ1n) is 9.33. The maximum absolute atomic E-state index is 13.2. The second-order valence-electron chi connectivity index (χ2n) is 6.50. The van der Waals surface area contributed by atoms with Crippen molar-refractivity contribution >= 4 is 52.5 Å². The van der Waals surface area contributed by atoms with Gasteiger partial charge in [-0.1, -0.05) is 36.6 Å². The Balaban J connectivity index is 1.99. The molecule has 6 nitrogen and oxygen atoms in total. The summed E-state index contributed by atoms with van der Waals surface area (Å²) in [6.45, 7) is 2.05. The van der Waals surface area contributed by atoms with Crippen molar-refractivity contribution in [2.24, 2.45) is 0 Å². The van der Waals surface area contributed by atoms with Gasteiger partial charge in [0.1, 0.15) is 12.2 Å². The molecule has 0 spiro atoms. The van der Waals surface area contributed by atoms with E-state index in [1.165, 1.54) is 18.1 Å². The monoisotopic (exact) mass is 454 g/mol. The van der Waals surface area contributed by atoms with Crippen LogP contribution >= 0.6 is 23.8 Å². The minimum Gasteiger partial charge on any atom is -0.493 e. The lowest BCUT2D eigenvalue weighted by molar-refractivity contribution is -0.122. The summed E-state index contributed by atoms with van der Waals surface area (Å²) in [5.41, 5.74) is 2.06. The van der Waals surface area contributed by atoms with Crippen LogP contribution in [0.1, 0.15) is 18.1 Å². The lowest BCUT2D eigenvalue weighted by atomic mass is 10.1.